The van der Waals surface area contributed by atoms with Crippen molar-refractivity contribution in [2.75, 3.05) is 0 Å². The summed E-state index contributed by atoms with van der Waals surface area (Å²) in [4.78, 5) is 10.9. The smallest absolute Gasteiger partial charge is 0.230 e. The van der Waals surface area contributed by atoms with Crippen molar-refractivity contribution in [2.45, 2.75) is 25.5 Å². The van der Waals surface area contributed by atoms with Crippen LogP contribution in [0.3, 0.4) is 0 Å². The fourth-order valence-electron chi connectivity index (χ4n) is 0.333. The number of rotatable bonds is 1. The SMILES string of the molecule is C=C(Cl)C(=O)SC(C)(C)C. The molecule has 0 rings (SSSR count). The molecule has 0 amide bonds. The van der Waals surface area contributed by atoms with Gasteiger partial charge in [-0.05, 0) is 0 Å². The lowest BCUT2D eigenvalue weighted by Crippen LogP contribution is -2.11. The van der Waals surface area contributed by atoms with Crippen LogP contribution in [0.4, 0.5) is 0 Å². The van der Waals surface area contributed by atoms with E-state index in [0.29, 0.717) is 0 Å². The highest BCUT2D eigenvalue weighted by molar-refractivity contribution is 8.15. The summed E-state index contributed by atoms with van der Waals surface area (Å²) in [5, 5.41) is -0.0471. The number of halogens is 1. The molecule has 0 spiro atoms. The summed E-state index contributed by atoms with van der Waals surface area (Å²) in [6.45, 7) is 9.20. The number of carbonyl (C=O) groups excluding carboxylic acids is 1. The van der Waals surface area contributed by atoms with E-state index >= 15 is 0 Å². The molecule has 0 fully saturated rings. The first-order valence-corrected chi connectivity index (χ1v) is 4.10. The minimum Gasteiger partial charge on any atom is -0.281 e. The van der Waals surface area contributed by atoms with Gasteiger partial charge >= 0.3 is 0 Å². The second-order valence-corrected chi connectivity index (χ2v) is 5.16. The van der Waals surface area contributed by atoms with Gasteiger partial charge in [0.1, 0.15) is 0 Å². The Balaban J connectivity index is 3.93. The number of carbonyl (C=O) groups is 1. The van der Waals surface area contributed by atoms with E-state index < -0.39 is 0 Å². The van der Waals surface area contributed by atoms with E-state index in [9.17, 15) is 4.79 Å². The summed E-state index contributed by atoms with van der Waals surface area (Å²) < 4.78 is -0.0745. The van der Waals surface area contributed by atoms with E-state index in [0.717, 1.165) is 0 Å². The van der Waals surface area contributed by atoms with Gasteiger partial charge in [0.15, 0.2) is 0 Å². The van der Waals surface area contributed by atoms with E-state index in [1.54, 1.807) is 0 Å². The van der Waals surface area contributed by atoms with Gasteiger partial charge in [0.25, 0.3) is 0 Å². The first-order valence-electron chi connectivity index (χ1n) is 2.90. The molecule has 0 unspecified atom stereocenters. The molecule has 0 aliphatic rings. The zero-order valence-corrected chi connectivity index (χ0v) is 7.97. The fraction of sp³-hybridized carbons (Fsp3) is 0.571. The first kappa shape index (κ1) is 10.0. The van der Waals surface area contributed by atoms with Gasteiger partial charge < -0.3 is 0 Å². The third-order valence-electron chi connectivity index (χ3n) is 0.620. The van der Waals surface area contributed by atoms with Gasteiger partial charge in [-0.1, -0.05) is 50.7 Å². The highest BCUT2D eigenvalue weighted by atomic mass is 35.5. The lowest BCUT2D eigenvalue weighted by molar-refractivity contribution is -0.107. The summed E-state index contributed by atoms with van der Waals surface area (Å²) in [6, 6.07) is 0. The Morgan fingerprint density at radius 1 is 1.50 bits per heavy atom. The highest BCUT2D eigenvalue weighted by Gasteiger charge is 2.17. The average molecular weight is 179 g/mol. The van der Waals surface area contributed by atoms with E-state index in [2.05, 4.69) is 6.58 Å². The summed E-state index contributed by atoms with van der Waals surface area (Å²) in [7, 11) is 0. The van der Waals surface area contributed by atoms with Crippen molar-refractivity contribution in [2.24, 2.45) is 0 Å². The summed E-state index contributed by atoms with van der Waals surface area (Å²) >= 11 is 6.56. The molecule has 0 N–H and O–H groups in total. The predicted molar refractivity (Wildman–Crippen MR) is 47.3 cm³/mol. The summed E-state index contributed by atoms with van der Waals surface area (Å²) in [5.41, 5.74) is 0. The van der Waals surface area contributed by atoms with Gasteiger partial charge in [-0.25, -0.2) is 0 Å². The van der Waals surface area contributed by atoms with Crippen LogP contribution >= 0.6 is 23.4 Å². The number of thioether (sulfide) groups is 1. The van der Waals surface area contributed by atoms with Crippen molar-refractivity contribution in [3.05, 3.63) is 11.6 Å². The second kappa shape index (κ2) is 3.44. The Morgan fingerprint density at radius 3 is 2.00 bits per heavy atom. The number of hydrogen-bond acceptors (Lipinski definition) is 2. The Bertz CT molecular complexity index is 157. The molecule has 0 atom stereocenters. The summed E-state index contributed by atoms with van der Waals surface area (Å²) in [5.74, 6) is 0. The lowest BCUT2D eigenvalue weighted by Gasteiger charge is -2.14. The largest absolute Gasteiger partial charge is 0.281 e. The molecule has 0 saturated carbocycles. The minimum atomic E-state index is -0.144. The fourth-order valence-corrected chi connectivity index (χ4v) is 1.12. The molecular formula is C7H11ClOS. The van der Waals surface area contributed by atoms with Gasteiger partial charge in [-0.15, -0.1) is 0 Å². The third-order valence-corrected chi connectivity index (χ3v) is 1.95. The van der Waals surface area contributed by atoms with Crippen LogP contribution in [0.5, 0.6) is 0 Å². The molecule has 0 heterocycles. The zero-order valence-electron chi connectivity index (χ0n) is 6.40. The van der Waals surface area contributed by atoms with Gasteiger partial charge in [0.05, 0.1) is 5.03 Å². The molecule has 10 heavy (non-hydrogen) atoms. The molecule has 0 radical (unpaired) electrons. The molecule has 3 heteroatoms. The maximum absolute atomic E-state index is 10.9. The molecule has 0 bridgehead atoms. The van der Waals surface area contributed by atoms with Gasteiger partial charge in [-0.3, -0.25) is 4.79 Å². The van der Waals surface area contributed by atoms with Crippen molar-refractivity contribution in [1.29, 1.82) is 0 Å². The maximum Gasteiger partial charge on any atom is 0.230 e. The van der Waals surface area contributed by atoms with Crippen LogP contribution in [-0.2, 0) is 4.79 Å². The zero-order chi connectivity index (χ0) is 8.36. The molecule has 0 aromatic heterocycles. The normalized spacial score (nSPS) is 11.2. The molecule has 0 aromatic carbocycles. The van der Waals surface area contributed by atoms with Crippen molar-refractivity contribution in [1.82, 2.24) is 0 Å². The molecule has 1 nitrogen and oxygen atoms in total. The Morgan fingerprint density at radius 2 is 1.90 bits per heavy atom. The second-order valence-electron chi connectivity index (χ2n) is 2.91. The van der Waals surface area contributed by atoms with Gasteiger partial charge in [0, 0.05) is 4.75 Å². The Labute approximate surface area is 70.8 Å². The molecule has 58 valence electrons. The van der Waals surface area contributed by atoms with Crippen LogP contribution in [-0.4, -0.2) is 9.86 Å². The highest BCUT2D eigenvalue weighted by Crippen LogP contribution is 2.27. The lowest BCUT2D eigenvalue weighted by atomic mass is 10.3. The van der Waals surface area contributed by atoms with Crippen LogP contribution < -0.4 is 0 Å². The Kier molecular flexibility index (Phi) is 3.46. The van der Waals surface area contributed by atoms with Crippen LogP contribution in [0, 0.1) is 0 Å². The Hall–Kier alpha value is 0.0500. The average Bonchev–Trinajstić information content (AvgIpc) is 1.60. The third kappa shape index (κ3) is 4.89. The minimum absolute atomic E-state index is 0.0745. The van der Waals surface area contributed by atoms with Crippen LogP contribution in [0.2, 0.25) is 0 Å². The van der Waals surface area contributed by atoms with Crippen LogP contribution in [0.25, 0.3) is 0 Å². The van der Waals surface area contributed by atoms with Crippen LogP contribution in [0.1, 0.15) is 20.8 Å². The molecule has 0 aliphatic heterocycles. The quantitative estimate of drug-likeness (QED) is 0.575. The van der Waals surface area contributed by atoms with E-state index in [-0.39, 0.29) is 14.9 Å². The molecule has 0 aromatic rings. The number of hydrogen-bond donors (Lipinski definition) is 0. The van der Waals surface area contributed by atoms with Crippen molar-refractivity contribution < 1.29 is 4.79 Å². The molecular weight excluding hydrogens is 168 g/mol. The van der Waals surface area contributed by atoms with Gasteiger partial charge in [-0.2, -0.15) is 0 Å². The predicted octanol–water partition coefficient (Wildman–Crippen LogP) is 2.80. The molecule has 0 saturated heterocycles. The van der Waals surface area contributed by atoms with Crippen LogP contribution in [0.15, 0.2) is 11.6 Å². The first-order chi connectivity index (χ1) is 4.33. The van der Waals surface area contributed by atoms with Crippen molar-refractivity contribution in [3.8, 4) is 0 Å². The van der Waals surface area contributed by atoms with E-state index in [4.69, 9.17) is 11.6 Å². The van der Waals surface area contributed by atoms with E-state index in [1.807, 2.05) is 20.8 Å². The molecule has 0 aliphatic carbocycles. The summed E-state index contributed by atoms with van der Waals surface area (Å²) in [6.07, 6.45) is 0. The van der Waals surface area contributed by atoms with E-state index in [1.165, 1.54) is 11.8 Å². The monoisotopic (exact) mass is 178 g/mol. The standard InChI is InChI=1S/C7H11ClOS/c1-5(8)6(9)10-7(2,3)4/h1H2,2-4H3. The topological polar surface area (TPSA) is 17.1 Å². The van der Waals surface area contributed by atoms with Crippen molar-refractivity contribution in [3.63, 3.8) is 0 Å². The van der Waals surface area contributed by atoms with Gasteiger partial charge in [0.2, 0.25) is 5.12 Å². The maximum atomic E-state index is 10.9. The van der Waals surface area contributed by atoms with Crippen molar-refractivity contribution >= 4 is 28.5 Å².